The lowest BCUT2D eigenvalue weighted by Crippen LogP contribution is -2.51. The Balaban J connectivity index is 1.85. The predicted molar refractivity (Wildman–Crippen MR) is 92.2 cm³/mol. The van der Waals surface area contributed by atoms with Gasteiger partial charge in [-0.3, -0.25) is 9.48 Å². The number of aliphatic hydroxyl groups is 1. The molecule has 3 rings (SSSR count). The van der Waals surface area contributed by atoms with Gasteiger partial charge >= 0.3 is 0 Å². The molecule has 1 aliphatic rings. The average molecular weight is 467 g/mol. The number of nitrogens with zero attached hydrogens (tertiary/aromatic N) is 6. The van der Waals surface area contributed by atoms with E-state index in [1.165, 1.54) is 16.9 Å². The molecule has 0 aromatic carbocycles. The van der Waals surface area contributed by atoms with Crippen LogP contribution < -0.4 is 0 Å². The summed E-state index contributed by atoms with van der Waals surface area (Å²) in [6.45, 7) is 3.73. The van der Waals surface area contributed by atoms with E-state index in [1.807, 2.05) is 6.92 Å². The molecule has 0 spiro atoms. The van der Waals surface area contributed by atoms with Gasteiger partial charge in [-0.15, -0.1) is 0 Å². The molecule has 2 aromatic heterocycles. The van der Waals surface area contributed by atoms with Gasteiger partial charge in [0.05, 0.1) is 15.9 Å². The van der Waals surface area contributed by atoms with Crippen molar-refractivity contribution in [2.45, 2.75) is 45.5 Å². The number of carbonyl (C=O) groups excluding carboxylic acids is 1. The first kappa shape index (κ1) is 20.5. The Morgan fingerprint density at radius 3 is 2.54 bits per heavy atom. The molecule has 28 heavy (non-hydrogen) atoms. The van der Waals surface area contributed by atoms with Crippen molar-refractivity contribution in [3.8, 4) is 0 Å². The molecule has 0 saturated heterocycles. The van der Waals surface area contributed by atoms with Gasteiger partial charge < -0.3 is 5.11 Å². The van der Waals surface area contributed by atoms with Gasteiger partial charge in [-0.2, -0.15) is 20.3 Å². The zero-order valence-corrected chi connectivity index (χ0v) is 16.2. The van der Waals surface area contributed by atoms with E-state index in [1.54, 1.807) is 11.6 Å². The first-order chi connectivity index (χ1) is 13.0. The van der Waals surface area contributed by atoms with Crippen LogP contribution in [0.4, 0.5) is 17.6 Å². The summed E-state index contributed by atoms with van der Waals surface area (Å²) in [5, 5.41) is 21.5. The molecule has 1 N–H and O–H groups in total. The van der Waals surface area contributed by atoms with Crippen LogP contribution >= 0.6 is 15.9 Å². The number of halogens is 5. The highest BCUT2D eigenvalue weighted by molar-refractivity contribution is 9.10. The van der Waals surface area contributed by atoms with Gasteiger partial charge in [-0.05, 0) is 35.8 Å². The lowest BCUT2D eigenvalue weighted by atomic mass is 10.1. The highest BCUT2D eigenvalue weighted by Gasteiger charge is 2.53. The van der Waals surface area contributed by atoms with Crippen molar-refractivity contribution >= 4 is 27.5 Å². The van der Waals surface area contributed by atoms with Crippen molar-refractivity contribution in [3.63, 3.8) is 0 Å². The summed E-state index contributed by atoms with van der Waals surface area (Å²) in [6, 6.07) is 1.21. The molecule has 3 heterocycles. The minimum absolute atomic E-state index is 0.0221. The maximum Gasteiger partial charge on any atom is 0.297 e. The summed E-state index contributed by atoms with van der Waals surface area (Å²) >= 11 is 3.38. The number of hydrogen-bond donors (Lipinski definition) is 1. The lowest BCUT2D eigenvalue weighted by molar-refractivity contribution is -0.164. The van der Waals surface area contributed by atoms with Gasteiger partial charge in [0.25, 0.3) is 18.8 Å². The van der Waals surface area contributed by atoms with Crippen molar-refractivity contribution in [2.75, 3.05) is 0 Å². The molecule has 1 atom stereocenters. The van der Waals surface area contributed by atoms with Crippen LogP contribution in [-0.2, 0) is 6.67 Å². The number of aromatic nitrogens is 4. The molecular weight excluding hydrogens is 452 g/mol. The van der Waals surface area contributed by atoms with Crippen LogP contribution in [0.15, 0.2) is 21.8 Å². The largest absolute Gasteiger partial charge is 0.364 e. The number of aryl methyl sites for hydroxylation is 1. The summed E-state index contributed by atoms with van der Waals surface area (Å²) < 4.78 is 55.9. The summed E-state index contributed by atoms with van der Waals surface area (Å²) in [5.74, 6) is -1.22. The molecule has 0 radical (unpaired) electrons. The van der Waals surface area contributed by atoms with Gasteiger partial charge in [0, 0.05) is 12.6 Å². The summed E-state index contributed by atoms with van der Waals surface area (Å²) in [7, 11) is 0. The molecule has 2 aromatic rings. The van der Waals surface area contributed by atoms with Crippen molar-refractivity contribution < 1.29 is 27.5 Å². The number of rotatable bonds is 5. The number of hydrogen-bond acceptors (Lipinski definition) is 5. The van der Waals surface area contributed by atoms with Crippen LogP contribution in [0.2, 0.25) is 0 Å². The summed E-state index contributed by atoms with van der Waals surface area (Å²) in [4.78, 5) is 12.5. The van der Waals surface area contributed by atoms with Gasteiger partial charge in [0.15, 0.2) is 5.69 Å². The molecule has 1 aliphatic heterocycles. The van der Waals surface area contributed by atoms with E-state index < -0.39 is 36.6 Å². The Morgan fingerprint density at radius 2 is 2.00 bits per heavy atom. The number of amides is 1. The Hall–Kier alpha value is -2.28. The van der Waals surface area contributed by atoms with Crippen LogP contribution in [0.25, 0.3) is 0 Å². The third kappa shape index (κ3) is 3.43. The third-order valence-corrected chi connectivity index (χ3v) is 5.41. The lowest BCUT2D eigenvalue weighted by Gasteiger charge is -2.29. The fraction of sp³-hybridized carbons (Fsp3) is 0.467. The van der Waals surface area contributed by atoms with Crippen molar-refractivity contribution in [1.29, 1.82) is 0 Å². The van der Waals surface area contributed by atoms with Crippen LogP contribution in [0, 0.1) is 13.8 Å². The van der Waals surface area contributed by atoms with Crippen molar-refractivity contribution in [1.82, 2.24) is 24.6 Å². The summed E-state index contributed by atoms with van der Waals surface area (Å²) in [6.07, 6.45) is -6.42. The fourth-order valence-corrected chi connectivity index (χ4v) is 3.00. The van der Waals surface area contributed by atoms with Crippen LogP contribution in [0.1, 0.15) is 28.3 Å². The highest BCUT2D eigenvalue weighted by atomic mass is 79.9. The maximum absolute atomic E-state index is 13.3. The number of alkyl halides is 4. The van der Waals surface area contributed by atoms with Crippen LogP contribution in [-0.4, -0.2) is 59.9 Å². The quantitative estimate of drug-likeness (QED) is 0.685. The topological polar surface area (TPSA) is 88.5 Å². The Morgan fingerprint density at radius 1 is 1.32 bits per heavy atom. The summed E-state index contributed by atoms with van der Waals surface area (Å²) in [5.41, 5.74) is -2.93. The van der Waals surface area contributed by atoms with Crippen molar-refractivity contribution in [3.05, 3.63) is 33.8 Å². The second-order valence-corrected chi connectivity index (χ2v) is 7.02. The molecule has 8 nitrogen and oxygen atoms in total. The fourth-order valence-electron chi connectivity index (χ4n) is 2.72. The first-order valence-electron chi connectivity index (χ1n) is 7.98. The molecule has 0 aliphatic carbocycles. The van der Waals surface area contributed by atoms with Crippen molar-refractivity contribution in [2.24, 2.45) is 5.10 Å². The smallest absolute Gasteiger partial charge is 0.297 e. The zero-order chi connectivity index (χ0) is 20.8. The zero-order valence-electron chi connectivity index (χ0n) is 14.7. The molecular formula is C15H15BrF4N6O2. The standard InChI is InChI=1S/C15H15BrF4N6O2/c1-7-11(16)8(2)25(21-7)6-24-4-3-9(22-24)13(27)26-15(28,14(19)20)5-10(23-26)12(17)18/h3-4,12,14,28H,5-6H2,1-2H3/t15-/m0/s1. The van der Waals surface area contributed by atoms with E-state index in [0.29, 0.717) is 0 Å². The Kier molecular flexibility index (Phi) is 5.32. The van der Waals surface area contributed by atoms with Gasteiger partial charge in [0.2, 0.25) is 5.72 Å². The van der Waals surface area contributed by atoms with E-state index in [0.717, 1.165) is 15.9 Å². The van der Waals surface area contributed by atoms with Crippen LogP contribution in [0.5, 0.6) is 0 Å². The molecule has 0 saturated carbocycles. The molecule has 13 heteroatoms. The highest BCUT2D eigenvalue weighted by Crippen LogP contribution is 2.34. The van der Waals surface area contributed by atoms with E-state index in [2.05, 4.69) is 31.2 Å². The molecule has 1 amide bonds. The van der Waals surface area contributed by atoms with Gasteiger partial charge in [0.1, 0.15) is 12.4 Å². The number of hydrazone groups is 1. The third-order valence-electron chi connectivity index (χ3n) is 4.26. The minimum Gasteiger partial charge on any atom is -0.364 e. The van der Waals surface area contributed by atoms with Gasteiger partial charge in [-0.25, -0.2) is 22.2 Å². The molecule has 0 fully saturated rings. The molecule has 152 valence electrons. The molecule has 0 bridgehead atoms. The normalized spacial score (nSPS) is 19.8. The minimum atomic E-state index is -3.49. The predicted octanol–water partition coefficient (Wildman–Crippen LogP) is 2.39. The van der Waals surface area contributed by atoms with E-state index in [-0.39, 0.29) is 17.4 Å². The van der Waals surface area contributed by atoms with E-state index in [4.69, 9.17) is 0 Å². The molecule has 0 unspecified atom stereocenters. The van der Waals surface area contributed by atoms with Gasteiger partial charge in [-0.1, -0.05) is 0 Å². The second-order valence-electron chi connectivity index (χ2n) is 6.23. The number of carbonyl (C=O) groups is 1. The maximum atomic E-state index is 13.3. The second kappa shape index (κ2) is 7.28. The average Bonchev–Trinajstić information content (AvgIpc) is 3.29. The SMILES string of the molecule is Cc1nn(Cn2ccc(C(=O)N3N=C(C(F)F)C[C@]3(O)C(F)F)n2)c(C)c1Br. The van der Waals surface area contributed by atoms with E-state index in [9.17, 15) is 27.5 Å². The Labute approximate surface area is 164 Å². The monoisotopic (exact) mass is 466 g/mol. The Bertz CT molecular complexity index is 943. The first-order valence-corrected chi connectivity index (χ1v) is 8.77. The van der Waals surface area contributed by atoms with E-state index >= 15 is 0 Å². The van der Waals surface area contributed by atoms with Crippen LogP contribution in [0.3, 0.4) is 0 Å².